The van der Waals surface area contributed by atoms with Gasteiger partial charge in [0.15, 0.2) is 0 Å². The van der Waals surface area contributed by atoms with Crippen molar-refractivity contribution >= 4 is 33.7 Å². The van der Waals surface area contributed by atoms with E-state index in [1.165, 1.54) is 21.3 Å². The van der Waals surface area contributed by atoms with Crippen molar-refractivity contribution in [1.29, 1.82) is 0 Å². The zero-order valence-corrected chi connectivity index (χ0v) is 13.0. The molecule has 23 heavy (non-hydrogen) atoms. The lowest BCUT2D eigenvalue weighted by molar-refractivity contribution is 0.0592. The molecule has 3 rings (SSSR count). The Kier molecular flexibility index (Phi) is 3.65. The van der Waals surface area contributed by atoms with Crippen LogP contribution in [0.15, 0.2) is 36.4 Å². The Bertz CT molecular complexity index is 852. The standard InChI is InChI=1S/C17H15NO5/c1-21-16(19)10-4-6-12-13-7-5-11(17(20)22-2)9-15(13)18(23-3)14(12)8-10/h4-9H,1-3H3. The number of carbonyl (C=O) groups is 2. The maximum Gasteiger partial charge on any atom is 0.337 e. The summed E-state index contributed by atoms with van der Waals surface area (Å²) < 4.78 is 11.1. The third-order valence-electron chi connectivity index (χ3n) is 3.75. The highest BCUT2D eigenvalue weighted by Gasteiger charge is 2.16. The average Bonchev–Trinajstić information content (AvgIpc) is 2.92. The molecule has 6 heteroatoms. The Balaban J connectivity index is 2.32. The van der Waals surface area contributed by atoms with Crippen molar-refractivity contribution < 1.29 is 23.9 Å². The summed E-state index contributed by atoms with van der Waals surface area (Å²) in [5.74, 6) is -0.842. The molecule has 0 aliphatic carbocycles. The maximum absolute atomic E-state index is 11.7. The number of benzene rings is 2. The van der Waals surface area contributed by atoms with Crippen LogP contribution in [-0.4, -0.2) is 38.0 Å². The SMILES string of the molecule is COC(=O)c1ccc2c3ccc(C(=O)OC)cc3n(OC)c2c1. The molecule has 0 saturated carbocycles. The summed E-state index contributed by atoms with van der Waals surface area (Å²) in [7, 11) is 4.19. The Morgan fingerprint density at radius 3 is 1.57 bits per heavy atom. The van der Waals surface area contributed by atoms with Crippen molar-refractivity contribution in [1.82, 2.24) is 4.73 Å². The van der Waals surface area contributed by atoms with E-state index < -0.39 is 11.9 Å². The zero-order valence-electron chi connectivity index (χ0n) is 13.0. The van der Waals surface area contributed by atoms with Crippen LogP contribution >= 0.6 is 0 Å². The molecule has 0 N–H and O–H groups in total. The largest absolute Gasteiger partial charge is 0.465 e. The lowest BCUT2D eigenvalue weighted by Gasteiger charge is -2.06. The molecule has 0 saturated heterocycles. The van der Waals surface area contributed by atoms with E-state index in [1.807, 2.05) is 12.1 Å². The first-order valence-electron chi connectivity index (χ1n) is 6.90. The van der Waals surface area contributed by atoms with Crippen molar-refractivity contribution in [3.05, 3.63) is 47.5 Å². The van der Waals surface area contributed by atoms with Crippen LogP contribution in [0.5, 0.6) is 0 Å². The predicted octanol–water partition coefficient (Wildman–Crippen LogP) is 2.43. The van der Waals surface area contributed by atoms with Crippen LogP contribution in [0, 0.1) is 0 Å². The van der Waals surface area contributed by atoms with E-state index >= 15 is 0 Å². The lowest BCUT2D eigenvalue weighted by Crippen LogP contribution is -2.07. The van der Waals surface area contributed by atoms with E-state index in [1.54, 1.807) is 29.0 Å². The Labute approximate surface area is 132 Å². The number of methoxy groups -OCH3 is 2. The van der Waals surface area contributed by atoms with E-state index in [-0.39, 0.29) is 0 Å². The zero-order chi connectivity index (χ0) is 16.6. The second-order valence-electron chi connectivity index (χ2n) is 4.92. The van der Waals surface area contributed by atoms with Crippen LogP contribution in [0.25, 0.3) is 21.8 Å². The molecule has 0 unspecified atom stereocenters. The number of aromatic nitrogens is 1. The highest BCUT2D eigenvalue weighted by molar-refractivity contribution is 6.11. The van der Waals surface area contributed by atoms with Gasteiger partial charge in [0.2, 0.25) is 0 Å². The third-order valence-corrected chi connectivity index (χ3v) is 3.75. The molecule has 0 spiro atoms. The summed E-state index contributed by atoms with van der Waals surface area (Å²) in [5, 5.41) is 1.82. The predicted molar refractivity (Wildman–Crippen MR) is 84.6 cm³/mol. The topological polar surface area (TPSA) is 66.8 Å². The Morgan fingerprint density at radius 1 is 0.783 bits per heavy atom. The van der Waals surface area contributed by atoms with Crippen molar-refractivity contribution in [2.45, 2.75) is 0 Å². The molecule has 0 atom stereocenters. The summed E-state index contributed by atoms with van der Waals surface area (Å²) in [6, 6.07) is 10.4. The Hall–Kier alpha value is -3.02. The maximum atomic E-state index is 11.7. The molecule has 0 radical (unpaired) electrons. The van der Waals surface area contributed by atoms with Gasteiger partial charge in [-0.1, -0.05) is 12.1 Å². The molecule has 6 nitrogen and oxygen atoms in total. The second kappa shape index (κ2) is 5.64. The molecular formula is C17H15NO5. The number of hydrogen-bond acceptors (Lipinski definition) is 5. The summed E-state index contributed by atoms with van der Waals surface area (Å²) in [6.45, 7) is 0. The summed E-state index contributed by atoms with van der Waals surface area (Å²) in [5.41, 5.74) is 2.28. The number of ether oxygens (including phenoxy) is 2. The number of fused-ring (bicyclic) bond motifs is 3. The molecule has 118 valence electrons. The molecule has 3 aromatic rings. The van der Waals surface area contributed by atoms with Crippen LogP contribution in [0.1, 0.15) is 20.7 Å². The normalized spacial score (nSPS) is 10.7. The Morgan fingerprint density at radius 2 is 1.22 bits per heavy atom. The first-order valence-corrected chi connectivity index (χ1v) is 6.90. The van der Waals surface area contributed by atoms with Crippen molar-refractivity contribution in [2.24, 2.45) is 0 Å². The first-order chi connectivity index (χ1) is 11.1. The van der Waals surface area contributed by atoms with Crippen molar-refractivity contribution in [3.63, 3.8) is 0 Å². The van der Waals surface area contributed by atoms with Gasteiger partial charge in [-0.25, -0.2) is 9.59 Å². The van der Waals surface area contributed by atoms with Gasteiger partial charge in [0.25, 0.3) is 0 Å². The monoisotopic (exact) mass is 313 g/mol. The van der Waals surface area contributed by atoms with Crippen LogP contribution in [0.3, 0.4) is 0 Å². The quantitative estimate of drug-likeness (QED) is 0.695. The van der Waals surface area contributed by atoms with Crippen molar-refractivity contribution in [2.75, 3.05) is 21.3 Å². The number of nitrogens with zero attached hydrogens (tertiary/aromatic N) is 1. The molecule has 1 aromatic heterocycles. The fourth-order valence-electron chi connectivity index (χ4n) is 2.67. The molecule has 0 aliphatic rings. The van der Waals surface area contributed by atoms with Crippen LogP contribution in [0.2, 0.25) is 0 Å². The smallest absolute Gasteiger partial charge is 0.337 e. The van der Waals surface area contributed by atoms with Crippen LogP contribution in [0.4, 0.5) is 0 Å². The molecule has 0 amide bonds. The molecule has 1 heterocycles. The fourth-order valence-corrected chi connectivity index (χ4v) is 2.67. The number of esters is 2. The number of rotatable bonds is 3. The molecule has 0 bridgehead atoms. The van der Waals surface area contributed by atoms with Gasteiger partial charge < -0.3 is 14.3 Å². The van der Waals surface area contributed by atoms with Gasteiger partial charge in [-0.2, -0.15) is 4.73 Å². The van der Waals surface area contributed by atoms with E-state index in [0.29, 0.717) is 22.2 Å². The van der Waals surface area contributed by atoms with Gasteiger partial charge >= 0.3 is 11.9 Å². The number of carbonyl (C=O) groups excluding carboxylic acids is 2. The lowest BCUT2D eigenvalue weighted by atomic mass is 10.1. The molecule has 0 aliphatic heterocycles. The highest BCUT2D eigenvalue weighted by Crippen LogP contribution is 2.30. The molecule has 0 fully saturated rings. The average molecular weight is 313 g/mol. The van der Waals surface area contributed by atoms with Crippen LogP contribution in [-0.2, 0) is 9.47 Å². The van der Waals surface area contributed by atoms with Gasteiger partial charge in [-0.3, -0.25) is 0 Å². The van der Waals surface area contributed by atoms with Gasteiger partial charge in [0.1, 0.15) is 7.11 Å². The van der Waals surface area contributed by atoms with Crippen molar-refractivity contribution in [3.8, 4) is 0 Å². The second-order valence-corrected chi connectivity index (χ2v) is 4.92. The van der Waals surface area contributed by atoms with E-state index in [9.17, 15) is 9.59 Å². The van der Waals surface area contributed by atoms with Crippen LogP contribution < -0.4 is 4.84 Å². The highest BCUT2D eigenvalue weighted by atomic mass is 16.6. The van der Waals surface area contributed by atoms with Gasteiger partial charge in [0.05, 0.1) is 36.4 Å². The summed E-state index contributed by atoms with van der Waals surface area (Å²) in [6.07, 6.45) is 0. The summed E-state index contributed by atoms with van der Waals surface area (Å²) >= 11 is 0. The van der Waals surface area contributed by atoms with Gasteiger partial charge in [-0.15, -0.1) is 0 Å². The first kappa shape index (κ1) is 14.9. The van der Waals surface area contributed by atoms with Gasteiger partial charge in [0, 0.05) is 10.8 Å². The minimum absolute atomic E-state index is 0.421. The van der Waals surface area contributed by atoms with E-state index in [2.05, 4.69) is 0 Å². The molecule has 2 aromatic carbocycles. The summed E-state index contributed by atoms with van der Waals surface area (Å²) in [4.78, 5) is 28.9. The minimum atomic E-state index is -0.421. The van der Waals surface area contributed by atoms with E-state index in [4.69, 9.17) is 14.3 Å². The number of hydrogen-bond donors (Lipinski definition) is 0. The van der Waals surface area contributed by atoms with E-state index in [0.717, 1.165) is 10.8 Å². The third kappa shape index (κ3) is 2.28. The minimum Gasteiger partial charge on any atom is -0.465 e. The fraction of sp³-hybridized carbons (Fsp3) is 0.176. The van der Waals surface area contributed by atoms with Gasteiger partial charge in [-0.05, 0) is 24.3 Å². The molecular weight excluding hydrogens is 298 g/mol.